The lowest BCUT2D eigenvalue weighted by Gasteiger charge is -2.01. The minimum atomic E-state index is 0.634. The summed E-state index contributed by atoms with van der Waals surface area (Å²) in [5, 5.41) is 8.93. The second kappa shape index (κ2) is 4.10. The van der Waals surface area contributed by atoms with Gasteiger partial charge in [0.05, 0.1) is 29.3 Å². The molecular formula is C16H11N3O. The van der Waals surface area contributed by atoms with E-state index in [1.807, 2.05) is 24.3 Å². The van der Waals surface area contributed by atoms with Crippen LogP contribution in [0.4, 0.5) is 0 Å². The summed E-state index contributed by atoms with van der Waals surface area (Å²) in [6.45, 7) is 0.754. The van der Waals surface area contributed by atoms with Gasteiger partial charge in [-0.2, -0.15) is 5.26 Å². The lowest BCUT2D eigenvalue weighted by molar-refractivity contribution is 0.357. The summed E-state index contributed by atoms with van der Waals surface area (Å²) in [6, 6.07) is 13.7. The SMILES string of the molecule is N#Cc1ccc2nc(-c3ccc4c(c3)CCO4)[nH]c2c1. The van der Waals surface area contributed by atoms with Gasteiger partial charge in [0.15, 0.2) is 0 Å². The Hall–Kier alpha value is -2.80. The van der Waals surface area contributed by atoms with Gasteiger partial charge in [-0.25, -0.2) is 4.98 Å². The largest absolute Gasteiger partial charge is 0.493 e. The lowest BCUT2D eigenvalue weighted by atomic mass is 10.1. The molecule has 3 aromatic rings. The molecule has 4 nitrogen and oxygen atoms in total. The zero-order valence-electron chi connectivity index (χ0n) is 10.7. The van der Waals surface area contributed by atoms with E-state index in [9.17, 15) is 0 Å². The van der Waals surface area contributed by atoms with Crippen LogP contribution in [0.5, 0.6) is 5.75 Å². The average Bonchev–Trinajstić information content (AvgIpc) is 3.11. The highest BCUT2D eigenvalue weighted by atomic mass is 16.5. The maximum atomic E-state index is 8.93. The van der Waals surface area contributed by atoms with Crippen molar-refractivity contribution in [2.45, 2.75) is 6.42 Å². The predicted molar refractivity (Wildman–Crippen MR) is 75.4 cm³/mol. The third kappa shape index (κ3) is 1.64. The van der Waals surface area contributed by atoms with E-state index in [1.165, 1.54) is 5.56 Å². The number of hydrogen-bond donors (Lipinski definition) is 1. The van der Waals surface area contributed by atoms with Crippen LogP contribution in [0.1, 0.15) is 11.1 Å². The van der Waals surface area contributed by atoms with Crippen molar-refractivity contribution < 1.29 is 4.74 Å². The molecular weight excluding hydrogens is 250 g/mol. The van der Waals surface area contributed by atoms with Crippen LogP contribution in [0.15, 0.2) is 36.4 Å². The molecule has 1 aromatic heterocycles. The topological polar surface area (TPSA) is 61.7 Å². The standard InChI is InChI=1S/C16H11N3O/c17-9-10-1-3-13-14(7-10)19-16(18-13)12-2-4-15-11(8-12)5-6-20-15/h1-4,7-8H,5-6H2,(H,18,19). The highest BCUT2D eigenvalue weighted by Crippen LogP contribution is 2.30. The Balaban J connectivity index is 1.84. The number of H-pyrrole nitrogens is 1. The van der Waals surface area contributed by atoms with Crippen molar-refractivity contribution in [3.63, 3.8) is 0 Å². The second-order valence-corrected chi connectivity index (χ2v) is 4.85. The smallest absolute Gasteiger partial charge is 0.138 e. The summed E-state index contributed by atoms with van der Waals surface area (Å²) in [7, 11) is 0. The maximum Gasteiger partial charge on any atom is 0.138 e. The number of aromatic nitrogens is 2. The third-order valence-corrected chi connectivity index (χ3v) is 3.57. The zero-order valence-corrected chi connectivity index (χ0v) is 10.7. The van der Waals surface area contributed by atoms with Gasteiger partial charge in [-0.15, -0.1) is 0 Å². The van der Waals surface area contributed by atoms with Gasteiger partial charge in [-0.05, 0) is 42.0 Å². The molecule has 1 aliphatic rings. The van der Waals surface area contributed by atoms with Crippen molar-refractivity contribution in [3.05, 3.63) is 47.5 Å². The quantitative estimate of drug-likeness (QED) is 0.732. The number of imidazole rings is 1. The molecule has 0 spiro atoms. The molecule has 0 aliphatic carbocycles. The van der Waals surface area contributed by atoms with Crippen molar-refractivity contribution in [3.8, 4) is 23.2 Å². The van der Waals surface area contributed by atoms with Gasteiger partial charge in [-0.3, -0.25) is 0 Å². The Labute approximate surface area is 115 Å². The van der Waals surface area contributed by atoms with Crippen molar-refractivity contribution in [1.29, 1.82) is 5.26 Å². The monoisotopic (exact) mass is 261 g/mol. The number of fused-ring (bicyclic) bond motifs is 2. The molecule has 2 aromatic carbocycles. The van der Waals surface area contributed by atoms with E-state index >= 15 is 0 Å². The fourth-order valence-corrected chi connectivity index (χ4v) is 2.55. The van der Waals surface area contributed by atoms with E-state index in [2.05, 4.69) is 22.1 Å². The number of aromatic amines is 1. The highest BCUT2D eigenvalue weighted by molar-refractivity contribution is 5.80. The number of nitrogens with zero attached hydrogens (tertiary/aromatic N) is 2. The Morgan fingerprint density at radius 1 is 1.20 bits per heavy atom. The van der Waals surface area contributed by atoms with Gasteiger partial charge in [0.25, 0.3) is 0 Å². The van der Waals surface area contributed by atoms with Crippen molar-refractivity contribution in [2.24, 2.45) is 0 Å². The number of hydrogen-bond acceptors (Lipinski definition) is 3. The van der Waals surface area contributed by atoms with Crippen LogP contribution in [0.25, 0.3) is 22.4 Å². The molecule has 0 fully saturated rings. The summed E-state index contributed by atoms with van der Waals surface area (Å²) >= 11 is 0. The van der Waals surface area contributed by atoms with Gasteiger partial charge in [0, 0.05) is 12.0 Å². The molecule has 1 N–H and O–H groups in total. The molecule has 0 atom stereocenters. The highest BCUT2D eigenvalue weighted by Gasteiger charge is 2.14. The number of nitrogens with one attached hydrogen (secondary N) is 1. The first-order valence-corrected chi connectivity index (χ1v) is 6.49. The minimum Gasteiger partial charge on any atom is -0.493 e. The van der Waals surface area contributed by atoms with E-state index in [0.717, 1.165) is 41.2 Å². The van der Waals surface area contributed by atoms with Crippen LogP contribution in [-0.2, 0) is 6.42 Å². The molecule has 0 amide bonds. The van der Waals surface area contributed by atoms with Crippen LogP contribution in [0.2, 0.25) is 0 Å². The van der Waals surface area contributed by atoms with Crippen LogP contribution >= 0.6 is 0 Å². The van der Waals surface area contributed by atoms with Gasteiger partial charge in [-0.1, -0.05) is 0 Å². The molecule has 0 unspecified atom stereocenters. The first-order valence-electron chi connectivity index (χ1n) is 6.49. The van der Waals surface area contributed by atoms with Crippen LogP contribution < -0.4 is 4.74 Å². The lowest BCUT2D eigenvalue weighted by Crippen LogP contribution is -1.85. The summed E-state index contributed by atoms with van der Waals surface area (Å²) in [5.41, 5.74) is 4.66. The minimum absolute atomic E-state index is 0.634. The fourth-order valence-electron chi connectivity index (χ4n) is 2.55. The number of ether oxygens (including phenoxy) is 1. The van der Waals surface area contributed by atoms with Crippen molar-refractivity contribution in [2.75, 3.05) is 6.61 Å². The van der Waals surface area contributed by atoms with Gasteiger partial charge in [0.1, 0.15) is 11.6 Å². The van der Waals surface area contributed by atoms with Crippen LogP contribution in [0, 0.1) is 11.3 Å². The Morgan fingerprint density at radius 2 is 2.15 bits per heavy atom. The van der Waals surface area contributed by atoms with E-state index < -0.39 is 0 Å². The molecule has 0 saturated heterocycles. The van der Waals surface area contributed by atoms with Crippen LogP contribution in [0.3, 0.4) is 0 Å². The van der Waals surface area contributed by atoms with E-state index in [0.29, 0.717) is 5.56 Å². The third-order valence-electron chi connectivity index (χ3n) is 3.57. The van der Waals surface area contributed by atoms with Gasteiger partial charge in [0.2, 0.25) is 0 Å². The number of nitriles is 1. The average molecular weight is 261 g/mol. The summed E-state index contributed by atoms with van der Waals surface area (Å²) in [4.78, 5) is 7.85. The molecule has 0 bridgehead atoms. The predicted octanol–water partition coefficient (Wildman–Crippen LogP) is 3.04. The summed E-state index contributed by atoms with van der Waals surface area (Å²) < 4.78 is 5.51. The molecule has 4 heteroatoms. The van der Waals surface area contributed by atoms with E-state index in [1.54, 1.807) is 6.07 Å². The van der Waals surface area contributed by atoms with Gasteiger partial charge < -0.3 is 9.72 Å². The molecule has 4 rings (SSSR count). The fraction of sp³-hybridized carbons (Fsp3) is 0.125. The molecule has 0 saturated carbocycles. The van der Waals surface area contributed by atoms with Crippen molar-refractivity contribution >= 4 is 11.0 Å². The molecule has 0 radical (unpaired) electrons. The molecule has 96 valence electrons. The molecule has 2 heterocycles. The van der Waals surface area contributed by atoms with E-state index in [-0.39, 0.29) is 0 Å². The van der Waals surface area contributed by atoms with Crippen molar-refractivity contribution in [1.82, 2.24) is 9.97 Å². The maximum absolute atomic E-state index is 8.93. The Bertz CT molecular complexity index is 858. The summed E-state index contributed by atoms with van der Waals surface area (Å²) in [5.74, 6) is 1.79. The zero-order chi connectivity index (χ0) is 13.5. The Morgan fingerprint density at radius 3 is 3.05 bits per heavy atom. The normalized spacial score (nSPS) is 12.9. The Kier molecular flexibility index (Phi) is 2.27. The van der Waals surface area contributed by atoms with Crippen LogP contribution in [-0.4, -0.2) is 16.6 Å². The first kappa shape index (κ1) is 11.1. The number of rotatable bonds is 1. The first-order chi connectivity index (χ1) is 9.83. The van der Waals surface area contributed by atoms with E-state index in [4.69, 9.17) is 10.00 Å². The van der Waals surface area contributed by atoms with Gasteiger partial charge >= 0.3 is 0 Å². The molecule has 20 heavy (non-hydrogen) atoms. The second-order valence-electron chi connectivity index (χ2n) is 4.85. The number of benzene rings is 2. The molecule has 1 aliphatic heterocycles. The summed E-state index contributed by atoms with van der Waals surface area (Å²) in [6.07, 6.45) is 0.946.